The van der Waals surface area contributed by atoms with E-state index in [2.05, 4.69) is 43.2 Å². The van der Waals surface area contributed by atoms with Crippen LogP contribution in [0.5, 0.6) is 0 Å². The van der Waals surface area contributed by atoms with Crippen LogP contribution in [-0.2, 0) is 11.2 Å². The van der Waals surface area contributed by atoms with Gasteiger partial charge in [-0.25, -0.2) is 0 Å². The first-order chi connectivity index (χ1) is 9.52. The number of hydrogen-bond donors (Lipinski definition) is 1. The van der Waals surface area contributed by atoms with Gasteiger partial charge in [0, 0.05) is 15.2 Å². The molecule has 0 fully saturated rings. The van der Waals surface area contributed by atoms with Gasteiger partial charge in [-0.05, 0) is 41.0 Å². The standard InChI is InChI=1S/C15H10Br2ClNO/c16-11-4-10(5-12(18)7-11)15(17)8-1-2-13-9(3-8)6-14(20)19-13/h1-5,7,15H,6H2,(H,19,20). The van der Waals surface area contributed by atoms with Gasteiger partial charge in [0.2, 0.25) is 5.91 Å². The quantitative estimate of drug-likeness (QED) is 0.681. The molecule has 2 aromatic carbocycles. The monoisotopic (exact) mass is 413 g/mol. The number of amides is 1. The van der Waals surface area contributed by atoms with Crippen molar-refractivity contribution in [2.24, 2.45) is 0 Å². The number of carbonyl (C=O) groups excluding carboxylic acids is 1. The summed E-state index contributed by atoms with van der Waals surface area (Å²) in [6.45, 7) is 0. The molecule has 1 aliphatic rings. The van der Waals surface area contributed by atoms with Crippen LogP contribution in [0.25, 0.3) is 0 Å². The predicted molar refractivity (Wildman–Crippen MR) is 88.7 cm³/mol. The van der Waals surface area contributed by atoms with E-state index in [1.165, 1.54) is 0 Å². The van der Waals surface area contributed by atoms with Gasteiger partial charge in [-0.3, -0.25) is 4.79 Å². The van der Waals surface area contributed by atoms with Crippen LogP contribution in [0.2, 0.25) is 5.02 Å². The van der Waals surface area contributed by atoms with Crippen molar-refractivity contribution in [2.45, 2.75) is 11.2 Å². The van der Waals surface area contributed by atoms with E-state index in [4.69, 9.17) is 11.6 Å². The summed E-state index contributed by atoms with van der Waals surface area (Å²) in [7, 11) is 0. The largest absolute Gasteiger partial charge is 0.326 e. The van der Waals surface area contributed by atoms with Crippen molar-refractivity contribution < 1.29 is 4.79 Å². The van der Waals surface area contributed by atoms with Crippen molar-refractivity contribution in [1.29, 1.82) is 0 Å². The van der Waals surface area contributed by atoms with Gasteiger partial charge in [0.25, 0.3) is 0 Å². The summed E-state index contributed by atoms with van der Waals surface area (Å²) in [5.74, 6) is 0.0498. The molecule has 1 amide bonds. The van der Waals surface area contributed by atoms with Gasteiger partial charge in [-0.2, -0.15) is 0 Å². The minimum atomic E-state index is 0.0403. The fraction of sp³-hybridized carbons (Fsp3) is 0.133. The molecule has 2 nitrogen and oxygen atoms in total. The van der Waals surface area contributed by atoms with E-state index in [-0.39, 0.29) is 10.7 Å². The van der Waals surface area contributed by atoms with Gasteiger partial charge < -0.3 is 5.32 Å². The fourth-order valence-corrected chi connectivity index (χ4v) is 3.76. The molecule has 20 heavy (non-hydrogen) atoms. The average Bonchev–Trinajstić information content (AvgIpc) is 2.75. The lowest BCUT2D eigenvalue weighted by Gasteiger charge is -2.13. The van der Waals surface area contributed by atoms with Crippen LogP contribution in [0.15, 0.2) is 40.9 Å². The summed E-state index contributed by atoms with van der Waals surface area (Å²) in [5, 5.41) is 3.53. The molecule has 1 N–H and O–H groups in total. The Morgan fingerprint density at radius 1 is 1.15 bits per heavy atom. The Bertz CT molecular complexity index is 682. The van der Waals surface area contributed by atoms with Crippen molar-refractivity contribution in [3.8, 4) is 0 Å². The molecule has 3 rings (SSSR count). The highest BCUT2D eigenvalue weighted by Gasteiger charge is 2.20. The van der Waals surface area contributed by atoms with E-state index >= 15 is 0 Å². The highest BCUT2D eigenvalue weighted by molar-refractivity contribution is 9.10. The number of carbonyl (C=O) groups is 1. The normalized spacial score (nSPS) is 14.8. The third-order valence-corrected chi connectivity index (χ3v) is 4.96. The Hall–Kier alpha value is -0.840. The van der Waals surface area contributed by atoms with Crippen LogP contribution >= 0.6 is 43.5 Å². The van der Waals surface area contributed by atoms with Gasteiger partial charge in [-0.15, -0.1) is 0 Å². The van der Waals surface area contributed by atoms with Crippen LogP contribution in [0.1, 0.15) is 21.5 Å². The SMILES string of the molecule is O=C1Cc2cc(C(Br)c3cc(Cl)cc(Br)c3)ccc2N1. The van der Waals surface area contributed by atoms with Crippen LogP contribution in [-0.4, -0.2) is 5.91 Å². The minimum absolute atomic E-state index is 0.0403. The maximum Gasteiger partial charge on any atom is 0.228 e. The highest BCUT2D eigenvalue weighted by atomic mass is 79.9. The summed E-state index contributed by atoms with van der Waals surface area (Å²) in [6.07, 6.45) is 0.447. The average molecular weight is 416 g/mol. The molecule has 0 radical (unpaired) electrons. The molecule has 1 unspecified atom stereocenters. The Kier molecular flexibility index (Phi) is 3.89. The molecule has 1 heterocycles. The van der Waals surface area contributed by atoms with Crippen molar-refractivity contribution in [1.82, 2.24) is 0 Å². The van der Waals surface area contributed by atoms with Gasteiger partial charge in [-0.1, -0.05) is 55.6 Å². The fourth-order valence-electron chi connectivity index (χ4n) is 2.32. The third-order valence-electron chi connectivity index (χ3n) is 3.22. The number of hydrogen-bond acceptors (Lipinski definition) is 1. The zero-order valence-corrected chi connectivity index (χ0v) is 14.2. The second kappa shape index (κ2) is 5.51. The van der Waals surface area contributed by atoms with E-state index < -0.39 is 0 Å². The number of nitrogens with one attached hydrogen (secondary N) is 1. The molecule has 5 heteroatoms. The van der Waals surface area contributed by atoms with Crippen LogP contribution in [0.4, 0.5) is 5.69 Å². The molecular weight excluding hydrogens is 405 g/mol. The van der Waals surface area contributed by atoms with E-state index in [1.54, 1.807) is 0 Å². The topological polar surface area (TPSA) is 29.1 Å². The molecule has 0 bridgehead atoms. The summed E-state index contributed by atoms with van der Waals surface area (Å²) < 4.78 is 0.947. The Morgan fingerprint density at radius 3 is 2.70 bits per heavy atom. The number of rotatable bonds is 2. The number of benzene rings is 2. The Balaban J connectivity index is 1.97. The lowest BCUT2D eigenvalue weighted by molar-refractivity contribution is -0.115. The number of fused-ring (bicyclic) bond motifs is 1. The molecule has 0 saturated carbocycles. The third kappa shape index (κ3) is 2.78. The summed E-state index contributed by atoms with van der Waals surface area (Å²) in [4.78, 5) is 11.4. The summed E-state index contributed by atoms with van der Waals surface area (Å²) in [6, 6.07) is 11.8. The highest BCUT2D eigenvalue weighted by Crippen LogP contribution is 2.36. The number of halogens is 3. The zero-order valence-electron chi connectivity index (χ0n) is 10.3. The number of anilines is 1. The van der Waals surface area contributed by atoms with Crippen molar-refractivity contribution in [2.75, 3.05) is 5.32 Å². The van der Waals surface area contributed by atoms with Gasteiger partial charge in [0.05, 0.1) is 11.2 Å². The van der Waals surface area contributed by atoms with Gasteiger partial charge in [0.15, 0.2) is 0 Å². The van der Waals surface area contributed by atoms with Crippen LogP contribution in [0, 0.1) is 0 Å². The summed E-state index contributed by atoms with van der Waals surface area (Å²) in [5.41, 5.74) is 4.12. The molecular formula is C15H10Br2ClNO. The first kappa shape index (κ1) is 14.1. The summed E-state index contributed by atoms with van der Waals surface area (Å²) >= 11 is 13.2. The molecule has 0 saturated heterocycles. The second-order valence-corrected chi connectivity index (χ2v) is 6.97. The zero-order chi connectivity index (χ0) is 14.3. The van der Waals surface area contributed by atoms with E-state index in [0.717, 1.165) is 26.9 Å². The molecule has 1 aliphatic heterocycles. The molecule has 0 aromatic heterocycles. The Morgan fingerprint density at radius 2 is 1.95 bits per heavy atom. The van der Waals surface area contributed by atoms with Crippen LogP contribution in [0.3, 0.4) is 0 Å². The molecule has 1 atom stereocenters. The lowest BCUT2D eigenvalue weighted by Crippen LogP contribution is -2.03. The van der Waals surface area contributed by atoms with E-state index in [0.29, 0.717) is 11.4 Å². The lowest BCUT2D eigenvalue weighted by atomic mass is 10.0. The maximum atomic E-state index is 11.4. The first-order valence-electron chi connectivity index (χ1n) is 6.05. The maximum absolute atomic E-state index is 11.4. The van der Waals surface area contributed by atoms with Crippen molar-refractivity contribution in [3.05, 3.63) is 62.6 Å². The molecule has 2 aromatic rings. The van der Waals surface area contributed by atoms with Crippen molar-refractivity contribution >= 4 is 55.1 Å². The molecule has 102 valence electrons. The molecule has 0 aliphatic carbocycles. The predicted octanol–water partition coefficient (Wildman–Crippen LogP) is 5.08. The second-order valence-electron chi connectivity index (χ2n) is 4.71. The van der Waals surface area contributed by atoms with Crippen molar-refractivity contribution in [3.63, 3.8) is 0 Å². The first-order valence-corrected chi connectivity index (χ1v) is 8.14. The molecule has 0 spiro atoms. The van der Waals surface area contributed by atoms with Crippen LogP contribution < -0.4 is 5.32 Å². The van der Waals surface area contributed by atoms with Gasteiger partial charge in [0.1, 0.15) is 0 Å². The Labute approximate surface area is 138 Å². The number of alkyl halides is 1. The van der Waals surface area contributed by atoms with Gasteiger partial charge >= 0.3 is 0 Å². The van der Waals surface area contributed by atoms with E-state index in [9.17, 15) is 4.79 Å². The van der Waals surface area contributed by atoms with E-state index in [1.807, 2.05) is 30.3 Å². The smallest absolute Gasteiger partial charge is 0.228 e. The minimum Gasteiger partial charge on any atom is -0.326 e.